The van der Waals surface area contributed by atoms with E-state index in [1.807, 2.05) is 29.8 Å². The van der Waals surface area contributed by atoms with E-state index in [0.29, 0.717) is 5.69 Å². The molecule has 1 aromatic carbocycles. The van der Waals surface area contributed by atoms with E-state index in [0.717, 1.165) is 16.8 Å². The lowest BCUT2D eigenvalue weighted by molar-refractivity contribution is 1.34. The average molecular weight is 237 g/mol. The lowest BCUT2D eigenvalue weighted by Gasteiger charge is -2.00. The summed E-state index contributed by atoms with van der Waals surface area (Å²) < 4.78 is 1.17. The molecule has 17 heavy (non-hydrogen) atoms. The van der Waals surface area contributed by atoms with Crippen LogP contribution in [0.25, 0.3) is 26.3 Å². The van der Waals surface area contributed by atoms with Crippen LogP contribution in [0.5, 0.6) is 0 Å². The van der Waals surface area contributed by atoms with Gasteiger partial charge in [-0.3, -0.25) is 4.98 Å². The van der Waals surface area contributed by atoms with Gasteiger partial charge in [-0.2, -0.15) is 0 Å². The molecule has 0 aliphatic carbocycles. The van der Waals surface area contributed by atoms with Crippen LogP contribution in [0.2, 0.25) is 0 Å². The van der Waals surface area contributed by atoms with Gasteiger partial charge in [0.2, 0.25) is 5.69 Å². The van der Waals surface area contributed by atoms with Gasteiger partial charge in [0.1, 0.15) is 0 Å². The van der Waals surface area contributed by atoms with Crippen molar-refractivity contribution in [1.29, 1.82) is 0 Å². The van der Waals surface area contributed by atoms with E-state index < -0.39 is 0 Å². The first-order chi connectivity index (χ1) is 8.36. The van der Waals surface area contributed by atoms with Crippen molar-refractivity contribution < 1.29 is 0 Å². The highest BCUT2D eigenvalue weighted by Crippen LogP contribution is 2.25. The lowest BCUT2D eigenvalue weighted by atomic mass is 10.1. The molecule has 0 saturated heterocycles. The van der Waals surface area contributed by atoms with Gasteiger partial charge < -0.3 is 0 Å². The molecule has 0 spiro atoms. The number of benzene rings is 1. The van der Waals surface area contributed by atoms with Crippen molar-refractivity contribution in [3.8, 4) is 11.3 Å². The Hall–Kier alpha value is -2.25. The Labute approximate surface area is 102 Å². The molecular weight excluding hydrogens is 230 g/mol. The molecule has 0 unspecified atom stereocenters. The predicted molar refractivity (Wildman–Crippen MR) is 69.1 cm³/mol. The van der Waals surface area contributed by atoms with Gasteiger partial charge in [0.25, 0.3) is 0 Å². The summed E-state index contributed by atoms with van der Waals surface area (Å²) in [5.74, 6) is 0. The van der Waals surface area contributed by atoms with Gasteiger partial charge in [-0.1, -0.05) is 12.1 Å². The molecule has 0 N–H and O–H groups in total. The maximum Gasteiger partial charge on any atom is 0.205 e. The van der Waals surface area contributed by atoms with E-state index in [-0.39, 0.29) is 0 Å². The van der Waals surface area contributed by atoms with Crippen molar-refractivity contribution in [2.45, 2.75) is 0 Å². The molecule has 2 aromatic heterocycles. The van der Waals surface area contributed by atoms with Crippen LogP contribution in [0, 0.1) is 6.57 Å². The van der Waals surface area contributed by atoms with Crippen LogP contribution in [-0.4, -0.2) is 9.97 Å². The zero-order valence-electron chi connectivity index (χ0n) is 8.79. The van der Waals surface area contributed by atoms with Crippen LogP contribution in [0.15, 0.2) is 42.0 Å². The van der Waals surface area contributed by atoms with Crippen molar-refractivity contribution in [3.63, 3.8) is 0 Å². The van der Waals surface area contributed by atoms with Gasteiger partial charge in [0.15, 0.2) is 0 Å². The highest BCUT2D eigenvalue weighted by atomic mass is 32.1. The zero-order chi connectivity index (χ0) is 11.7. The van der Waals surface area contributed by atoms with Crippen LogP contribution in [0.4, 0.5) is 5.69 Å². The monoisotopic (exact) mass is 237 g/mol. The quantitative estimate of drug-likeness (QED) is 0.601. The van der Waals surface area contributed by atoms with Gasteiger partial charge in [0, 0.05) is 11.8 Å². The molecule has 0 bridgehead atoms. The number of nitrogens with zero attached hydrogens (tertiary/aromatic N) is 3. The SMILES string of the molecule is [C-]#[N+]c1ccc(-c2ccc3scnc3c2)nc1. The fourth-order valence-corrected chi connectivity index (χ4v) is 2.30. The normalized spacial score (nSPS) is 10.3. The Kier molecular flexibility index (Phi) is 2.32. The van der Waals surface area contributed by atoms with Gasteiger partial charge in [-0.15, -0.1) is 11.3 Å². The number of thiazole rings is 1. The summed E-state index contributed by atoms with van der Waals surface area (Å²) in [4.78, 5) is 11.9. The highest BCUT2D eigenvalue weighted by molar-refractivity contribution is 7.16. The largest absolute Gasteiger partial charge is 0.268 e. The highest BCUT2D eigenvalue weighted by Gasteiger charge is 2.02. The minimum atomic E-state index is 0.559. The van der Waals surface area contributed by atoms with E-state index >= 15 is 0 Å². The van der Waals surface area contributed by atoms with E-state index in [9.17, 15) is 0 Å². The van der Waals surface area contributed by atoms with E-state index in [4.69, 9.17) is 6.57 Å². The fourth-order valence-electron chi connectivity index (χ4n) is 1.64. The standard InChI is InChI=1S/C13H7N3S/c1-14-10-3-4-11(15-7-10)9-2-5-13-12(6-9)16-8-17-13/h2-8H. The average Bonchev–Trinajstić information content (AvgIpc) is 2.86. The molecule has 2 heterocycles. The summed E-state index contributed by atoms with van der Waals surface area (Å²) in [5.41, 5.74) is 5.28. The number of aromatic nitrogens is 2. The smallest absolute Gasteiger partial charge is 0.205 e. The molecule has 0 aliphatic heterocycles. The number of pyridine rings is 1. The molecular formula is C13H7N3S. The Morgan fingerprint density at radius 2 is 2.06 bits per heavy atom. The Balaban J connectivity index is 2.10. The fraction of sp³-hybridized carbons (Fsp3) is 0. The van der Waals surface area contributed by atoms with Crippen molar-refractivity contribution in [2.24, 2.45) is 0 Å². The van der Waals surface area contributed by atoms with E-state index in [2.05, 4.69) is 14.8 Å². The molecule has 0 aliphatic rings. The third kappa shape index (κ3) is 1.77. The first-order valence-electron chi connectivity index (χ1n) is 5.04. The molecule has 0 atom stereocenters. The Morgan fingerprint density at radius 1 is 1.12 bits per heavy atom. The van der Waals surface area contributed by atoms with Crippen LogP contribution in [-0.2, 0) is 0 Å². The number of fused-ring (bicyclic) bond motifs is 1. The molecule has 0 amide bonds. The minimum Gasteiger partial charge on any atom is -0.268 e. The molecule has 4 heteroatoms. The number of rotatable bonds is 1. The van der Waals surface area contributed by atoms with Crippen LogP contribution in [0.3, 0.4) is 0 Å². The second kappa shape index (κ2) is 3.96. The first kappa shape index (κ1) is 9.94. The third-order valence-electron chi connectivity index (χ3n) is 2.50. The summed E-state index contributed by atoms with van der Waals surface area (Å²) >= 11 is 1.63. The predicted octanol–water partition coefficient (Wildman–Crippen LogP) is 3.91. The Morgan fingerprint density at radius 3 is 2.82 bits per heavy atom. The molecule has 3 rings (SSSR count). The van der Waals surface area contributed by atoms with Crippen LogP contribution >= 0.6 is 11.3 Å². The van der Waals surface area contributed by atoms with Crippen LogP contribution < -0.4 is 0 Å². The molecule has 3 aromatic rings. The third-order valence-corrected chi connectivity index (χ3v) is 3.31. The minimum absolute atomic E-state index is 0.559. The van der Waals surface area contributed by atoms with Crippen molar-refractivity contribution in [2.75, 3.05) is 0 Å². The Bertz CT molecular complexity index is 707. The summed E-state index contributed by atoms with van der Waals surface area (Å²) in [6.45, 7) is 6.88. The molecule has 0 radical (unpaired) electrons. The first-order valence-corrected chi connectivity index (χ1v) is 5.92. The van der Waals surface area contributed by atoms with E-state index in [1.165, 1.54) is 4.70 Å². The molecule has 3 nitrogen and oxygen atoms in total. The maximum atomic E-state index is 6.88. The number of hydrogen-bond acceptors (Lipinski definition) is 3. The second-order valence-corrected chi connectivity index (χ2v) is 4.43. The van der Waals surface area contributed by atoms with Crippen molar-refractivity contribution in [1.82, 2.24) is 9.97 Å². The van der Waals surface area contributed by atoms with Gasteiger partial charge in [0.05, 0.1) is 28.0 Å². The maximum absolute atomic E-state index is 6.88. The van der Waals surface area contributed by atoms with Crippen molar-refractivity contribution in [3.05, 3.63) is 53.5 Å². The lowest BCUT2D eigenvalue weighted by Crippen LogP contribution is -1.81. The summed E-state index contributed by atoms with van der Waals surface area (Å²) in [5, 5.41) is 0. The molecule has 0 fully saturated rings. The summed E-state index contributed by atoms with van der Waals surface area (Å²) in [6, 6.07) is 9.74. The second-order valence-electron chi connectivity index (χ2n) is 3.55. The number of hydrogen-bond donors (Lipinski definition) is 0. The van der Waals surface area contributed by atoms with E-state index in [1.54, 1.807) is 23.6 Å². The van der Waals surface area contributed by atoms with Gasteiger partial charge >= 0.3 is 0 Å². The summed E-state index contributed by atoms with van der Waals surface area (Å²) in [7, 11) is 0. The van der Waals surface area contributed by atoms with Gasteiger partial charge in [-0.25, -0.2) is 9.83 Å². The zero-order valence-corrected chi connectivity index (χ0v) is 9.61. The molecule has 80 valence electrons. The molecule has 0 saturated carbocycles. The van der Waals surface area contributed by atoms with Crippen molar-refractivity contribution >= 4 is 27.2 Å². The summed E-state index contributed by atoms with van der Waals surface area (Å²) in [6.07, 6.45) is 1.59. The van der Waals surface area contributed by atoms with Gasteiger partial charge in [-0.05, 0) is 18.2 Å². The topological polar surface area (TPSA) is 30.1 Å². The van der Waals surface area contributed by atoms with Crippen LogP contribution in [0.1, 0.15) is 0 Å².